The van der Waals surface area contributed by atoms with Gasteiger partial charge in [-0.05, 0) is 42.8 Å². The van der Waals surface area contributed by atoms with Crippen LogP contribution in [0.5, 0.6) is 0 Å². The molecule has 0 fully saturated rings. The maximum absolute atomic E-state index is 13.1. The molecule has 4 nitrogen and oxygen atoms in total. The Hall–Kier alpha value is -2.92. The summed E-state index contributed by atoms with van der Waals surface area (Å²) in [5.74, 6) is -2.05. The topological polar surface area (TPSA) is 51.1 Å². The van der Waals surface area contributed by atoms with Crippen LogP contribution in [0.4, 0.5) is 10.1 Å². The van der Waals surface area contributed by atoms with Crippen molar-refractivity contribution in [3.63, 3.8) is 0 Å². The first kappa shape index (κ1) is 17.9. The Morgan fingerprint density at radius 1 is 1.12 bits per heavy atom. The summed E-state index contributed by atoms with van der Waals surface area (Å²) in [6.07, 6.45) is 1.74. The molecule has 0 spiro atoms. The number of amides is 1. The molecule has 1 heterocycles. The molecule has 1 aromatic heterocycles. The van der Waals surface area contributed by atoms with E-state index in [2.05, 4.69) is 5.32 Å². The number of aryl methyl sites for hydroxylation is 1. The largest absolute Gasteiger partial charge is 0.340 e. The highest BCUT2D eigenvalue weighted by atomic mass is 35.5. The van der Waals surface area contributed by atoms with E-state index >= 15 is 0 Å². The van der Waals surface area contributed by atoms with Gasteiger partial charge in [0.2, 0.25) is 0 Å². The molecule has 3 aromatic rings. The molecule has 0 aliphatic carbocycles. The number of carbonyl (C=O) groups excluding carboxylic acids is 2. The quantitative estimate of drug-likeness (QED) is 0.532. The number of hydrogen-bond donors (Lipinski definition) is 1. The first-order chi connectivity index (χ1) is 12.4. The Morgan fingerprint density at radius 2 is 1.85 bits per heavy atom. The third-order valence-corrected chi connectivity index (χ3v) is 4.23. The number of rotatable bonds is 5. The summed E-state index contributed by atoms with van der Waals surface area (Å²) >= 11 is 5.88. The van der Waals surface area contributed by atoms with Crippen molar-refractivity contribution in [3.8, 4) is 0 Å². The molecular formula is C20H16ClFN2O2. The standard InChI is InChI=1S/C20H16ClFN2O2/c1-13-4-6-14(7-5-13)12-24-10-2-3-18(24)19(25)20(26)23-17-9-8-15(22)11-16(17)21/h2-11H,12H2,1H3,(H,23,26). The normalized spacial score (nSPS) is 10.6. The van der Waals surface area contributed by atoms with Crippen molar-refractivity contribution in [2.45, 2.75) is 13.5 Å². The first-order valence-corrected chi connectivity index (χ1v) is 8.33. The van der Waals surface area contributed by atoms with Crippen LogP contribution in [-0.4, -0.2) is 16.3 Å². The second-order valence-corrected chi connectivity index (χ2v) is 6.32. The molecule has 3 rings (SSSR count). The number of ketones is 1. The average Bonchev–Trinajstić information content (AvgIpc) is 3.06. The molecule has 0 atom stereocenters. The van der Waals surface area contributed by atoms with Gasteiger partial charge in [-0.25, -0.2) is 4.39 Å². The maximum Gasteiger partial charge on any atom is 0.298 e. The van der Waals surface area contributed by atoms with Crippen LogP contribution >= 0.6 is 11.6 Å². The van der Waals surface area contributed by atoms with E-state index < -0.39 is 17.5 Å². The van der Waals surface area contributed by atoms with Crippen molar-refractivity contribution < 1.29 is 14.0 Å². The Balaban J connectivity index is 1.76. The highest BCUT2D eigenvalue weighted by Gasteiger charge is 2.20. The number of carbonyl (C=O) groups is 2. The second-order valence-electron chi connectivity index (χ2n) is 5.91. The van der Waals surface area contributed by atoms with Gasteiger partial charge >= 0.3 is 0 Å². The van der Waals surface area contributed by atoms with E-state index in [1.165, 1.54) is 6.07 Å². The smallest absolute Gasteiger partial charge is 0.298 e. The number of Topliss-reactive ketones (excluding diaryl/α,β-unsaturated/α-hetero) is 1. The van der Waals surface area contributed by atoms with Gasteiger partial charge in [0.05, 0.1) is 16.4 Å². The molecule has 132 valence electrons. The lowest BCUT2D eigenvalue weighted by atomic mass is 10.1. The molecule has 1 N–H and O–H groups in total. The SMILES string of the molecule is Cc1ccc(Cn2cccc2C(=O)C(=O)Nc2ccc(F)cc2Cl)cc1. The minimum atomic E-state index is -0.831. The van der Waals surface area contributed by atoms with Crippen molar-refractivity contribution in [2.75, 3.05) is 5.32 Å². The average molecular weight is 371 g/mol. The van der Waals surface area contributed by atoms with Gasteiger partial charge in [0.1, 0.15) is 5.82 Å². The zero-order chi connectivity index (χ0) is 18.7. The van der Waals surface area contributed by atoms with E-state index in [-0.39, 0.29) is 16.4 Å². The van der Waals surface area contributed by atoms with Crippen molar-refractivity contribution in [1.29, 1.82) is 0 Å². The molecule has 0 saturated heterocycles. The Morgan fingerprint density at radius 3 is 2.54 bits per heavy atom. The molecule has 2 aromatic carbocycles. The van der Waals surface area contributed by atoms with Crippen LogP contribution in [0.3, 0.4) is 0 Å². The second kappa shape index (κ2) is 7.54. The van der Waals surface area contributed by atoms with E-state index in [9.17, 15) is 14.0 Å². The first-order valence-electron chi connectivity index (χ1n) is 7.95. The lowest BCUT2D eigenvalue weighted by Gasteiger charge is -2.10. The highest BCUT2D eigenvalue weighted by Crippen LogP contribution is 2.22. The highest BCUT2D eigenvalue weighted by molar-refractivity contribution is 6.47. The van der Waals surface area contributed by atoms with Crippen LogP contribution in [0.1, 0.15) is 21.6 Å². The lowest BCUT2D eigenvalue weighted by molar-refractivity contribution is -0.112. The van der Waals surface area contributed by atoms with Gasteiger partial charge in [-0.2, -0.15) is 0 Å². The molecule has 0 aliphatic heterocycles. The molecule has 0 radical (unpaired) electrons. The fraction of sp³-hybridized carbons (Fsp3) is 0.100. The van der Waals surface area contributed by atoms with E-state index in [1.807, 2.05) is 31.2 Å². The number of nitrogens with one attached hydrogen (secondary N) is 1. The van der Waals surface area contributed by atoms with Crippen LogP contribution in [0, 0.1) is 12.7 Å². The van der Waals surface area contributed by atoms with E-state index in [0.29, 0.717) is 6.54 Å². The predicted molar refractivity (Wildman–Crippen MR) is 99.1 cm³/mol. The van der Waals surface area contributed by atoms with E-state index in [4.69, 9.17) is 11.6 Å². The maximum atomic E-state index is 13.1. The molecular weight excluding hydrogens is 355 g/mol. The monoisotopic (exact) mass is 370 g/mol. The number of hydrogen-bond acceptors (Lipinski definition) is 2. The van der Waals surface area contributed by atoms with Crippen LogP contribution in [0.25, 0.3) is 0 Å². The molecule has 0 bridgehead atoms. The van der Waals surface area contributed by atoms with Gasteiger partial charge < -0.3 is 9.88 Å². The van der Waals surface area contributed by atoms with Crippen LogP contribution in [-0.2, 0) is 11.3 Å². The summed E-state index contributed by atoms with van der Waals surface area (Å²) in [5.41, 5.74) is 2.61. The van der Waals surface area contributed by atoms with Crippen molar-refractivity contribution in [1.82, 2.24) is 4.57 Å². The zero-order valence-electron chi connectivity index (χ0n) is 14.0. The number of nitrogens with zero attached hydrogens (tertiary/aromatic N) is 1. The summed E-state index contributed by atoms with van der Waals surface area (Å²) in [4.78, 5) is 24.8. The van der Waals surface area contributed by atoms with Crippen molar-refractivity contribution in [2.24, 2.45) is 0 Å². The third-order valence-electron chi connectivity index (χ3n) is 3.92. The van der Waals surface area contributed by atoms with Crippen molar-refractivity contribution >= 4 is 29.0 Å². The molecule has 0 saturated carbocycles. The molecule has 26 heavy (non-hydrogen) atoms. The van der Waals surface area contributed by atoms with Crippen molar-refractivity contribution in [3.05, 3.63) is 88.5 Å². The van der Waals surface area contributed by atoms with Gasteiger partial charge in [0.25, 0.3) is 11.7 Å². The minimum Gasteiger partial charge on any atom is -0.340 e. The van der Waals surface area contributed by atoms with Gasteiger partial charge in [0.15, 0.2) is 0 Å². The number of halogens is 2. The van der Waals surface area contributed by atoms with Crippen LogP contribution < -0.4 is 5.32 Å². The summed E-state index contributed by atoms with van der Waals surface area (Å²) in [7, 11) is 0. The number of aromatic nitrogens is 1. The van der Waals surface area contributed by atoms with Gasteiger partial charge in [0, 0.05) is 12.7 Å². The molecule has 0 unspecified atom stereocenters. The Kier molecular flexibility index (Phi) is 5.19. The third kappa shape index (κ3) is 4.00. The van der Waals surface area contributed by atoms with Gasteiger partial charge in [-0.3, -0.25) is 9.59 Å². The van der Waals surface area contributed by atoms with E-state index in [0.717, 1.165) is 23.3 Å². The van der Waals surface area contributed by atoms with Crippen LogP contribution in [0.2, 0.25) is 5.02 Å². The Bertz CT molecular complexity index is 964. The summed E-state index contributed by atoms with van der Waals surface area (Å²) in [6.45, 7) is 2.47. The van der Waals surface area contributed by atoms with Crippen LogP contribution in [0.15, 0.2) is 60.8 Å². The number of anilines is 1. The number of benzene rings is 2. The minimum absolute atomic E-state index is 0.0289. The Labute approximate surface area is 155 Å². The van der Waals surface area contributed by atoms with Gasteiger partial charge in [-0.15, -0.1) is 0 Å². The van der Waals surface area contributed by atoms with Gasteiger partial charge in [-0.1, -0.05) is 41.4 Å². The molecule has 0 aliphatic rings. The zero-order valence-corrected chi connectivity index (χ0v) is 14.8. The van der Waals surface area contributed by atoms with E-state index in [1.54, 1.807) is 22.9 Å². The molecule has 1 amide bonds. The fourth-order valence-corrected chi connectivity index (χ4v) is 2.75. The predicted octanol–water partition coefficient (Wildman–Crippen LogP) is 4.46. The summed E-state index contributed by atoms with van der Waals surface area (Å²) in [6, 6.07) is 14.8. The summed E-state index contributed by atoms with van der Waals surface area (Å²) < 4.78 is 14.8. The fourth-order valence-electron chi connectivity index (χ4n) is 2.53. The lowest BCUT2D eigenvalue weighted by Crippen LogP contribution is -2.25. The summed E-state index contributed by atoms with van der Waals surface area (Å²) in [5, 5.41) is 2.45. The molecule has 6 heteroatoms.